The molecule has 0 bridgehead atoms. The lowest BCUT2D eigenvalue weighted by atomic mass is 9.86. The van der Waals surface area contributed by atoms with Crippen molar-refractivity contribution in [2.45, 2.75) is 46.6 Å². The number of hydrogen-bond acceptors (Lipinski definition) is 3. The maximum Gasteiger partial charge on any atom is 0.273 e. The SMILES string of the molecule is CCCN1c2cc(C)c(/C=C3\NC(=S)NC3=O)cc2C(C)=CC1(C)C. The second-order valence-corrected chi connectivity index (χ2v) is 7.73. The highest BCUT2D eigenvalue weighted by Gasteiger charge is 2.31. The van der Waals surface area contributed by atoms with Gasteiger partial charge in [-0.25, -0.2) is 0 Å². The lowest BCUT2D eigenvalue weighted by Gasteiger charge is -2.43. The van der Waals surface area contributed by atoms with Gasteiger partial charge in [-0.2, -0.15) is 0 Å². The van der Waals surface area contributed by atoms with E-state index >= 15 is 0 Å². The minimum Gasteiger partial charge on any atom is -0.362 e. The highest BCUT2D eigenvalue weighted by molar-refractivity contribution is 7.80. The number of anilines is 1. The Labute approximate surface area is 155 Å². The van der Waals surface area contributed by atoms with E-state index in [1.807, 2.05) is 6.08 Å². The number of benzene rings is 1. The largest absolute Gasteiger partial charge is 0.362 e. The molecule has 1 aromatic carbocycles. The van der Waals surface area contributed by atoms with Crippen LogP contribution in [-0.2, 0) is 4.79 Å². The van der Waals surface area contributed by atoms with E-state index in [0.29, 0.717) is 10.8 Å². The Balaban J connectivity index is 2.10. The lowest BCUT2D eigenvalue weighted by Crippen LogP contribution is -2.45. The number of thiocarbonyl (C=S) groups is 1. The van der Waals surface area contributed by atoms with Gasteiger partial charge < -0.3 is 10.2 Å². The summed E-state index contributed by atoms with van der Waals surface area (Å²) >= 11 is 5.01. The van der Waals surface area contributed by atoms with Crippen LogP contribution in [0.15, 0.2) is 23.9 Å². The highest BCUT2D eigenvalue weighted by atomic mass is 32.1. The van der Waals surface area contributed by atoms with Gasteiger partial charge in [0.25, 0.3) is 5.91 Å². The normalized spacial score (nSPS) is 20.3. The van der Waals surface area contributed by atoms with Crippen LogP contribution in [0, 0.1) is 6.92 Å². The number of nitrogens with one attached hydrogen (secondary N) is 2. The molecule has 4 nitrogen and oxygen atoms in total. The third kappa shape index (κ3) is 3.21. The number of fused-ring (bicyclic) bond motifs is 1. The molecule has 25 heavy (non-hydrogen) atoms. The molecule has 0 aromatic heterocycles. The van der Waals surface area contributed by atoms with E-state index in [1.54, 1.807) is 0 Å². The Morgan fingerprint density at radius 3 is 2.56 bits per heavy atom. The number of hydrogen-bond donors (Lipinski definition) is 2. The van der Waals surface area contributed by atoms with E-state index in [2.05, 4.69) is 68.4 Å². The van der Waals surface area contributed by atoms with Crippen molar-refractivity contribution in [1.82, 2.24) is 10.6 Å². The molecule has 0 atom stereocenters. The molecule has 0 saturated carbocycles. The number of nitrogens with zero attached hydrogens (tertiary/aromatic N) is 1. The zero-order valence-corrected chi connectivity index (χ0v) is 16.3. The highest BCUT2D eigenvalue weighted by Crippen LogP contribution is 2.40. The Kier molecular flexibility index (Phi) is 4.45. The van der Waals surface area contributed by atoms with E-state index < -0.39 is 0 Å². The summed E-state index contributed by atoms with van der Waals surface area (Å²) in [4.78, 5) is 14.4. The second kappa shape index (κ2) is 6.30. The van der Waals surface area contributed by atoms with Gasteiger partial charge in [0.05, 0.1) is 5.54 Å². The predicted molar refractivity (Wildman–Crippen MR) is 108 cm³/mol. The minimum absolute atomic E-state index is 0.00139. The van der Waals surface area contributed by atoms with E-state index in [9.17, 15) is 4.79 Å². The Morgan fingerprint density at radius 1 is 1.24 bits per heavy atom. The van der Waals surface area contributed by atoms with E-state index in [1.165, 1.54) is 16.8 Å². The number of carbonyl (C=O) groups excluding carboxylic acids is 1. The van der Waals surface area contributed by atoms with Crippen LogP contribution in [0.3, 0.4) is 0 Å². The molecule has 3 rings (SSSR count). The average molecular weight is 356 g/mol. The molecule has 0 spiro atoms. The maximum atomic E-state index is 11.9. The number of rotatable bonds is 3. The molecule has 2 N–H and O–H groups in total. The van der Waals surface area contributed by atoms with Crippen molar-refractivity contribution >= 4 is 40.6 Å². The molecule has 1 amide bonds. The van der Waals surface area contributed by atoms with Crippen LogP contribution < -0.4 is 15.5 Å². The van der Waals surface area contributed by atoms with Crippen molar-refractivity contribution in [3.05, 3.63) is 40.6 Å². The van der Waals surface area contributed by atoms with Gasteiger partial charge in [-0.1, -0.05) is 13.0 Å². The summed E-state index contributed by atoms with van der Waals surface area (Å²) in [5.41, 5.74) is 6.44. The first kappa shape index (κ1) is 17.7. The minimum atomic E-state index is -0.178. The number of aryl methyl sites for hydroxylation is 1. The molecule has 5 heteroatoms. The molecular formula is C20H25N3OS. The Hall–Kier alpha value is -2.14. The van der Waals surface area contributed by atoms with Crippen molar-refractivity contribution in [2.24, 2.45) is 0 Å². The lowest BCUT2D eigenvalue weighted by molar-refractivity contribution is -0.115. The molecule has 1 fully saturated rings. The van der Waals surface area contributed by atoms with Gasteiger partial charge in [0.1, 0.15) is 5.70 Å². The smallest absolute Gasteiger partial charge is 0.273 e. The maximum absolute atomic E-state index is 11.9. The second-order valence-electron chi connectivity index (χ2n) is 7.32. The first-order chi connectivity index (χ1) is 11.7. The molecule has 132 valence electrons. The molecule has 2 aliphatic heterocycles. The first-order valence-electron chi connectivity index (χ1n) is 8.69. The third-order valence-corrected chi connectivity index (χ3v) is 5.04. The first-order valence-corrected chi connectivity index (χ1v) is 9.10. The van der Waals surface area contributed by atoms with Crippen LogP contribution in [0.4, 0.5) is 5.69 Å². The fraction of sp³-hybridized carbons (Fsp3) is 0.400. The zero-order chi connectivity index (χ0) is 18.4. The van der Waals surface area contributed by atoms with Crippen LogP contribution in [0.5, 0.6) is 0 Å². The summed E-state index contributed by atoms with van der Waals surface area (Å²) in [6.07, 6.45) is 5.30. The van der Waals surface area contributed by atoms with E-state index in [-0.39, 0.29) is 11.4 Å². The molecule has 2 heterocycles. The monoisotopic (exact) mass is 355 g/mol. The van der Waals surface area contributed by atoms with Crippen molar-refractivity contribution in [3.8, 4) is 0 Å². The molecule has 0 aliphatic carbocycles. The number of carbonyl (C=O) groups is 1. The summed E-state index contributed by atoms with van der Waals surface area (Å²) in [6, 6.07) is 4.42. The number of amides is 1. The average Bonchev–Trinajstić information content (AvgIpc) is 2.82. The van der Waals surface area contributed by atoms with E-state index in [0.717, 1.165) is 24.1 Å². The van der Waals surface area contributed by atoms with Crippen molar-refractivity contribution in [1.29, 1.82) is 0 Å². The van der Waals surface area contributed by atoms with Gasteiger partial charge in [0.15, 0.2) is 5.11 Å². The fourth-order valence-corrected chi connectivity index (χ4v) is 3.87. The van der Waals surface area contributed by atoms with Crippen LogP contribution in [0.25, 0.3) is 11.6 Å². The third-order valence-electron chi connectivity index (χ3n) is 4.83. The van der Waals surface area contributed by atoms with E-state index in [4.69, 9.17) is 12.2 Å². The predicted octanol–water partition coefficient (Wildman–Crippen LogP) is 3.75. The van der Waals surface area contributed by atoms with Crippen LogP contribution in [0.2, 0.25) is 0 Å². The van der Waals surface area contributed by atoms with Gasteiger partial charge in [-0.3, -0.25) is 10.1 Å². The fourth-order valence-electron chi connectivity index (χ4n) is 3.67. The molecule has 2 aliphatic rings. The Morgan fingerprint density at radius 2 is 1.96 bits per heavy atom. The summed E-state index contributed by atoms with van der Waals surface area (Å²) in [6.45, 7) is 12.0. The van der Waals surface area contributed by atoms with Crippen molar-refractivity contribution in [3.63, 3.8) is 0 Å². The van der Waals surface area contributed by atoms with Gasteiger partial charge in [-0.05, 0) is 81.2 Å². The molecular weight excluding hydrogens is 330 g/mol. The van der Waals surface area contributed by atoms with Gasteiger partial charge >= 0.3 is 0 Å². The summed E-state index contributed by atoms with van der Waals surface area (Å²) < 4.78 is 0. The standard InChI is InChI=1S/C20H25N3OS/c1-6-7-23-17-8-12(2)14(10-16-18(24)22-19(25)21-16)9-15(17)13(3)11-20(23,4)5/h8-11H,6-7H2,1-5H3,(H2,21,22,24,25)/b16-10-. The van der Waals surface area contributed by atoms with Gasteiger partial charge in [0.2, 0.25) is 0 Å². The molecule has 0 radical (unpaired) electrons. The number of allylic oxidation sites excluding steroid dienone is 1. The van der Waals surface area contributed by atoms with Gasteiger partial charge in [-0.15, -0.1) is 0 Å². The van der Waals surface area contributed by atoms with Crippen LogP contribution in [-0.4, -0.2) is 23.1 Å². The zero-order valence-electron chi connectivity index (χ0n) is 15.5. The van der Waals surface area contributed by atoms with Crippen molar-refractivity contribution in [2.75, 3.05) is 11.4 Å². The summed E-state index contributed by atoms with van der Waals surface area (Å²) in [7, 11) is 0. The van der Waals surface area contributed by atoms with Gasteiger partial charge in [0, 0.05) is 17.8 Å². The quantitative estimate of drug-likeness (QED) is 0.640. The Bertz CT molecular complexity index is 820. The van der Waals surface area contributed by atoms with Crippen LogP contribution in [0.1, 0.15) is 50.8 Å². The molecule has 1 aromatic rings. The van der Waals surface area contributed by atoms with Crippen LogP contribution >= 0.6 is 12.2 Å². The topological polar surface area (TPSA) is 44.4 Å². The summed E-state index contributed by atoms with van der Waals surface area (Å²) in [5, 5.41) is 5.89. The molecule has 1 saturated heterocycles. The van der Waals surface area contributed by atoms with Crippen molar-refractivity contribution < 1.29 is 4.79 Å². The molecule has 0 unspecified atom stereocenters. The summed E-state index contributed by atoms with van der Waals surface area (Å²) in [5.74, 6) is -0.178.